The van der Waals surface area contributed by atoms with Crippen LogP contribution in [-0.2, 0) is 18.8 Å². The van der Waals surface area contributed by atoms with Gasteiger partial charge >= 0.3 is 5.69 Å². The Kier molecular flexibility index (Phi) is 6.02. The molecule has 0 N–H and O–H groups in total. The van der Waals surface area contributed by atoms with Crippen LogP contribution in [0, 0.1) is 12.7 Å². The van der Waals surface area contributed by atoms with Crippen LogP contribution in [0.15, 0.2) is 52.2 Å². The molecular weight excluding hydrogens is 471 g/mol. The monoisotopic (exact) mass is 494 g/mol. The largest absolute Gasteiger partial charge is 0.373 e. The molecule has 1 fully saturated rings. The van der Waals surface area contributed by atoms with Crippen molar-refractivity contribution in [3.8, 4) is 11.3 Å². The minimum absolute atomic E-state index is 0.0253. The molecule has 0 bridgehead atoms. The third-order valence-corrected chi connectivity index (χ3v) is 6.87. The van der Waals surface area contributed by atoms with Gasteiger partial charge in [-0.1, -0.05) is 11.6 Å². The fourth-order valence-electron chi connectivity index (χ4n) is 4.79. The molecule has 0 unspecified atom stereocenters. The van der Waals surface area contributed by atoms with Gasteiger partial charge < -0.3 is 4.74 Å². The van der Waals surface area contributed by atoms with Crippen LogP contribution in [0.1, 0.15) is 41.8 Å². The highest BCUT2D eigenvalue weighted by Crippen LogP contribution is 2.39. The fourth-order valence-corrected chi connectivity index (χ4v) is 4.95. The van der Waals surface area contributed by atoms with Gasteiger partial charge in [-0.3, -0.25) is 23.9 Å². The zero-order chi connectivity index (χ0) is 24.9. The summed E-state index contributed by atoms with van der Waals surface area (Å²) in [5.74, 6) is -0.601. The van der Waals surface area contributed by atoms with Crippen LogP contribution < -0.4 is 11.2 Å². The minimum atomic E-state index is -0.575. The smallest absolute Gasteiger partial charge is 0.331 e. The van der Waals surface area contributed by atoms with Gasteiger partial charge in [-0.15, -0.1) is 0 Å². The third kappa shape index (κ3) is 4.17. The van der Waals surface area contributed by atoms with Crippen molar-refractivity contribution in [3.63, 3.8) is 0 Å². The molecule has 0 aliphatic carbocycles. The topological polar surface area (TPSA) is 79.0 Å². The van der Waals surface area contributed by atoms with Gasteiger partial charge in [0, 0.05) is 54.8 Å². The molecule has 7 nitrogen and oxygen atoms in total. The van der Waals surface area contributed by atoms with Crippen molar-refractivity contribution in [2.75, 3.05) is 6.61 Å². The molecule has 0 radical (unpaired) electrons. The highest BCUT2D eigenvalue weighted by atomic mass is 35.5. The van der Waals surface area contributed by atoms with Gasteiger partial charge in [0.15, 0.2) is 0 Å². The molecule has 1 aromatic carbocycles. The Hall–Kier alpha value is -3.36. The van der Waals surface area contributed by atoms with E-state index in [2.05, 4.69) is 4.98 Å². The number of hydrogen-bond donors (Lipinski definition) is 0. The van der Waals surface area contributed by atoms with E-state index in [0.29, 0.717) is 30.5 Å². The Bertz CT molecular complexity index is 1580. The van der Waals surface area contributed by atoms with Crippen molar-refractivity contribution >= 4 is 22.5 Å². The molecule has 0 saturated carbocycles. The summed E-state index contributed by atoms with van der Waals surface area (Å²) in [6.45, 7) is 2.45. The number of benzene rings is 1. The number of aromatic nitrogens is 4. The number of ether oxygens (including phenoxy) is 1. The molecule has 35 heavy (non-hydrogen) atoms. The second kappa shape index (κ2) is 9.02. The average Bonchev–Trinajstić information content (AvgIpc) is 2.85. The van der Waals surface area contributed by atoms with Gasteiger partial charge in [0.05, 0.1) is 22.7 Å². The number of hydrogen-bond acceptors (Lipinski definition) is 5. The summed E-state index contributed by atoms with van der Waals surface area (Å²) in [5, 5.41) is 0.558. The SMILES string of the molecule is Cc1cc([C@@H]2C[C@H](c3cc4c(=O)n(C)c(=O)n(C)c4c(-c4ccc(Cl)cc4F)n3)CCO2)ccn1. The summed E-state index contributed by atoms with van der Waals surface area (Å²) in [6.07, 6.45) is 2.97. The van der Waals surface area contributed by atoms with Gasteiger partial charge in [0.2, 0.25) is 0 Å². The van der Waals surface area contributed by atoms with Crippen LogP contribution in [0.2, 0.25) is 5.02 Å². The number of halogens is 2. The summed E-state index contributed by atoms with van der Waals surface area (Å²) in [7, 11) is 2.99. The molecule has 1 saturated heterocycles. The van der Waals surface area contributed by atoms with Crippen LogP contribution >= 0.6 is 11.6 Å². The Balaban J connectivity index is 1.71. The number of fused-ring (bicyclic) bond motifs is 1. The van der Waals surface area contributed by atoms with Crippen molar-refractivity contribution in [2.24, 2.45) is 14.1 Å². The Morgan fingerprint density at radius 3 is 2.66 bits per heavy atom. The maximum atomic E-state index is 15.1. The molecule has 180 valence electrons. The second-order valence-corrected chi connectivity index (χ2v) is 9.37. The predicted molar refractivity (Wildman–Crippen MR) is 132 cm³/mol. The zero-order valence-electron chi connectivity index (χ0n) is 19.6. The van der Waals surface area contributed by atoms with E-state index >= 15 is 4.39 Å². The van der Waals surface area contributed by atoms with Crippen molar-refractivity contribution < 1.29 is 9.13 Å². The molecule has 4 heterocycles. The highest BCUT2D eigenvalue weighted by molar-refractivity contribution is 6.30. The van der Waals surface area contributed by atoms with E-state index < -0.39 is 17.1 Å². The third-order valence-electron chi connectivity index (χ3n) is 6.64. The lowest BCUT2D eigenvalue weighted by atomic mass is 9.88. The predicted octanol–water partition coefficient (Wildman–Crippen LogP) is 4.43. The first-order valence-electron chi connectivity index (χ1n) is 11.3. The normalized spacial score (nSPS) is 18.2. The van der Waals surface area contributed by atoms with Gasteiger partial charge in [-0.05, 0) is 61.7 Å². The lowest BCUT2D eigenvalue weighted by Gasteiger charge is -2.30. The van der Waals surface area contributed by atoms with Crippen molar-refractivity contribution in [1.82, 2.24) is 19.1 Å². The Morgan fingerprint density at radius 1 is 1.11 bits per heavy atom. The first-order valence-corrected chi connectivity index (χ1v) is 11.7. The quantitative estimate of drug-likeness (QED) is 0.421. The second-order valence-electron chi connectivity index (χ2n) is 8.93. The Morgan fingerprint density at radius 2 is 1.91 bits per heavy atom. The maximum absolute atomic E-state index is 15.1. The molecule has 1 aliphatic rings. The molecule has 3 aromatic heterocycles. The standard InChI is InChI=1S/C26H24ClFN4O3/c1-14-10-16(6-8-29-14)22-11-15(7-9-35-22)21-13-19-24(31(2)26(34)32(3)25(19)33)23(30-21)18-5-4-17(27)12-20(18)28/h4-6,8,10,12-13,15,22H,7,9,11H2,1-3H3/t15-,22+/m1/s1. The van der Waals surface area contributed by atoms with Crippen LogP contribution in [0.25, 0.3) is 22.2 Å². The van der Waals surface area contributed by atoms with E-state index in [4.69, 9.17) is 21.3 Å². The molecule has 2 atom stereocenters. The number of rotatable bonds is 3. The van der Waals surface area contributed by atoms with Gasteiger partial charge in [-0.2, -0.15) is 0 Å². The van der Waals surface area contributed by atoms with Crippen LogP contribution in [0.3, 0.4) is 0 Å². The lowest BCUT2D eigenvalue weighted by Crippen LogP contribution is -2.37. The summed E-state index contributed by atoms with van der Waals surface area (Å²) >= 11 is 5.98. The minimum Gasteiger partial charge on any atom is -0.373 e. The van der Waals surface area contributed by atoms with Gasteiger partial charge in [-0.25, -0.2) is 9.18 Å². The zero-order valence-corrected chi connectivity index (χ0v) is 20.3. The van der Waals surface area contributed by atoms with Gasteiger partial charge in [0.25, 0.3) is 5.56 Å². The molecule has 4 aromatic rings. The fraction of sp³-hybridized carbons (Fsp3) is 0.308. The first kappa shape index (κ1) is 23.4. The summed E-state index contributed by atoms with van der Waals surface area (Å²) < 4.78 is 23.5. The summed E-state index contributed by atoms with van der Waals surface area (Å²) in [4.78, 5) is 35.0. The summed E-state index contributed by atoms with van der Waals surface area (Å²) in [6, 6.07) is 9.97. The highest BCUT2D eigenvalue weighted by Gasteiger charge is 2.28. The average molecular weight is 495 g/mol. The van der Waals surface area contributed by atoms with Crippen LogP contribution in [0.4, 0.5) is 4.39 Å². The van der Waals surface area contributed by atoms with Crippen molar-refractivity contribution in [3.05, 3.63) is 91.2 Å². The first-order chi connectivity index (χ1) is 16.7. The number of pyridine rings is 2. The van der Waals surface area contributed by atoms with E-state index in [1.807, 2.05) is 19.1 Å². The van der Waals surface area contributed by atoms with Crippen molar-refractivity contribution in [2.45, 2.75) is 31.8 Å². The van der Waals surface area contributed by atoms with Gasteiger partial charge in [0.1, 0.15) is 5.82 Å². The van der Waals surface area contributed by atoms with Crippen LogP contribution in [0.5, 0.6) is 0 Å². The molecule has 0 amide bonds. The summed E-state index contributed by atoms with van der Waals surface area (Å²) in [5.41, 5.74) is 2.35. The maximum Gasteiger partial charge on any atom is 0.331 e. The van der Waals surface area contributed by atoms with E-state index in [1.165, 1.54) is 23.7 Å². The van der Waals surface area contributed by atoms with E-state index in [0.717, 1.165) is 15.8 Å². The lowest BCUT2D eigenvalue weighted by molar-refractivity contribution is 0.00460. The molecule has 9 heteroatoms. The van der Waals surface area contributed by atoms with E-state index in [1.54, 1.807) is 25.4 Å². The number of nitrogens with zero attached hydrogens (tertiary/aromatic N) is 4. The number of aryl methyl sites for hydroxylation is 2. The van der Waals surface area contributed by atoms with E-state index in [-0.39, 0.29) is 33.8 Å². The molecule has 0 spiro atoms. The molecule has 5 rings (SSSR count). The van der Waals surface area contributed by atoms with E-state index in [9.17, 15) is 9.59 Å². The molecular formula is C26H24ClFN4O3. The van der Waals surface area contributed by atoms with Crippen LogP contribution in [-0.4, -0.2) is 25.7 Å². The van der Waals surface area contributed by atoms with Crippen molar-refractivity contribution in [1.29, 1.82) is 0 Å². The Labute approximate surface area is 205 Å². The molecule has 1 aliphatic heterocycles.